The van der Waals surface area contributed by atoms with Crippen molar-refractivity contribution in [2.45, 2.75) is 19.8 Å². The van der Waals surface area contributed by atoms with Gasteiger partial charge < -0.3 is 14.4 Å². The molecule has 2 fully saturated rings. The second kappa shape index (κ2) is 10.6. The van der Waals surface area contributed by atoms with Gasteiger partial charge in [0.15, 0.2) is 0 Å². The Morgan fingerprint density at radius 3 is 2.12 bits per heavy atom. The molecule has 2 aliphatic rings. The average molecular weight is 467 g/mol. The number of ether oxygens (including phenoxy) is 2. The standard InChI is InChI=1S/C25H26N2O5S/c1-18-4-8-20(9-5-18)31-14-15-32-21-10-6-19(7-11-21)16-22-24(29)27(25(30)33-22)17-23(28)26-12-2-3-13-26/h4-11,16H,2-3,12-15,17H2,1H3/b22-16-. The normalized spacial score (nSPS) is 17.2. The molecule has 0 spiro atoms. The van der Waals surface area contributed by atoms with Gasteiger partial charge in [-0.2, -0.15) is 0 Å². The molecule has 2 saturated heterocycles. The van der Waals surface area contributed by atoms with Gasteiger partial charge in [0.05, 0.1) is 4.91 Å². The maximum absolute atomic E-state index is 12.7. The van der Waals surface area contributed by atoms with Crippen molar-refractivity contribution in [1.29, 1.82) is 0 Å². The van der Waals surface area contributed by atoms with E-state index in [1.54, 1.807) is 23.1 Å². The van der Waals surface area contributed by atoms with E-state index in [-0.39, 0.29) is 12.5 Å². The van der Waals surface area contributed by atoms with Crippen molar-refractivity contribution in [3.05, 3.63) is 64.6 Å². The fraction of sp³-hybridized carbons (Fsp3) is 0.320. The number of carbonyl (C=O) groups excluding carboxylic acids is 3. The molecule has 2 aromatic carbocycles. The summed E-state index contributed by atoms with van der Waals surface area (Å²) in [5.41, 5.74) is 1.95. The van der Waals surface area contributed by atoms with E-state index in [9.17, 15) is 14.4 Å². The van der Waals surface area contributed by atoms with Gasteiger partial charge in [-0.25, -0.2) is 0 Å². The SMILES string of the molecule is Cc1ccc(OCCOc2ccc(/C=C3\SC(=O)N(CC(=O)N4CCCC4)C3=O)cc2)cc1. The van der Waals surface area contributed by atoms with Crippen LogP contribution in [0.15, 0.2) is 53.4 Å². The predicted octanol–water partition coefficient (Wildman–Crippen LogP) is 4.11. The minimum atomic E-state index is -0.425. The monoisotopic (exact) mass is 466 g/mol. The second-order valence-corrected chi connectivity index (χ2v) is 8.93. The molecule has 0 radical (unpaired) electrons. The van der Waals surface area contributed by atoms with E-state index in [1.165, 1.54) is 5.56 Å². The molecule has 33 heavy (non-hydrogen) atoms. The van der Waals surface area contributed by atoms with Gasteiger partial charge in [0.2, 0.25) is 5.91 Å². The van der Waals surface area contributed by atoms with Crippen LogP contribution in [0.3, 0.4) is 0 Å². The van der Waals surface area contributed by atoms with Crippen LogP contribution in [0.1, 0.15) is 24.0 Å². The zero-order valence-corrected chi connectivity index (χ0v) is 19.3. The summed E-state index contributed by atoms with van der Waals surface area (Å²) in [6.45, 7) is 4.04. The Morgan fingerprint density at radius 2 is 1.52 bits per heavy atom. The Labute approximate surface area is 197 Å². The van der Waals surface area contributed by atoms with Crippen LogP contribution < -0.4 is 9.47 Å². The Bertz CT molecular complexity index is 1040. The molecule has 2 aliphatic heterocycles. The zero-order valence-electron chi connectivity index (χ0n) is 18.5. The van der Waals surface area contributed by atoms with Crippen molar-refractivity contribution in [2.24, 2.45) is 0 Å². The highest BCUT2D eigenvalue weighted by molar-refractivity contribution is 8.18. The molecule has 3 amide bonds. The summed E-state index contributed by atoms with van der Waals surface area (Å²) in [5, 5.41) is -0.410. The molecule has 0 bridgehead atoms. The van der Waals surface area contributed by atoms with Crippen LogP contribution in [-0.2, 0) is 9.59 Å². The Hall–Kier alpha value is -3.26. The molecule has 8 heteroatoms. The van der Waals surface area contributed by atoms with Gasteiger partial charge in [0.25, 0.3) is 11.1 Å². The molecular weight excluding hydrogens is 440 g/mol. The molecule has 2 aromatic rings. The molecule has 0 atom stereocenters. The number of likely N-dealkylation sites (tertiary alicyclic amines) is 1. The highest BCUT2D eigenvalue weighted by Gasteiger charge is 2.37. The van der Waals surface area contributed by atoms with Crippen molar-refractivity contribution in [3.63, 3.8) is 0 Å². The van der Waals surface area contributed by atoms with Crippen molar-refractivity contribution in [3.8, 4) is 11.5 Å². The summed E-state index contributed by atoms with van der Waals surface area (Å²) >= 11 is 0.861. The Kier molecular flexibility index (Phi) is 7.34. The summed E-state index contributed by atoms with van der Waals surface area (Å²) in [6, 6.07) is 15.1. The van der Waals surface area contributed by atoms with E-state index in [1.807, 2.05) is 43.3 Å². The van der Waals surface area contributed by atoms with Gasteiger partial charge >= 0.3 is 0 Å². The lowest BCUT2D eigenvalue weighted by molar-refractivity contribution is -0.135. The Morgan fingerprint density at radius 1 is 0.939 bits per heavy atom. The third kappa shape index (κ3) is 5.96. The smallest absolute Gasteiger partial charge is 0.294 e. The minimum absolute atomic E-state index is 0.177. The van der Waals surface area contributed by atoms with Crippen molar-refractivity contribution >= 4 is 34.9 Å². The third-order valence-corrected chi connectivity index (χ3v) is 6.35. The number of hydrogen-bond donors (Lipinski definition) is 0. The summed E-state index contributed by atoms with van der Waals surface area (Å²) < 4.78 is 11.4. The number of carbonyl (C=O) groups is 3. The van der Waals surface area contributed by atoms with Crippen molar-refractivity contribution in [2.75, 3.05) is 32.8 Å². The minimum Gasteiger partial charge on any atom is -0.490 e. The molecule has 0 N–H and O–H groups in total. The topological polar surface area (TPSA) is 76.2 Å². The number of hydrogen-bond acceptors (Lipinski definition) is 6. The number of benzene rings is 2. The lowest BCUT2D eigenvalue weighted by atomic mass is 10.2. The van der Waals surface area contributed by atoms with Crippen LogP contribution in [0, 0.1) is 6.92 Å². The van der Waals surface area contributed by atoms with E-state index in [4.69, 9.17) is 9.47 Å². The zero-order chi connectivity index (χ0) is 23.2. The van der Waals surface area contributed by atoms with E-state index in [0.717, 1.165) is 40.8 Å². The van der Waals surface area contributed by atoms with Crippen LogP contribution in [0.2, 0.25) is 0 Å². The predicted molar refractivity (Wildman–Crippen MR) is 127 cm³/mol. The first-order chi connectivity index (χ1) is 16.0. The molecular formula is C25H26N2O5S. The van der Waals surface area contributed by atoms with Crippen LogP contribution >= 0.6 is 11.8 Å². The maximum Gasteiger partial charge on any atom is 0.294 e. The first-order valence-electron chi connectivity index (χ1n) is 10.9. The van der Waals surface area contributed by atoms with Crippen LogP contribution in [0.4, 0.5) is 4.79 Å². The number of imide groups is 1. The van der Waals surface area contributed by atoms with Gasteiger partial charge in [-0.05, 0) is 67.4 Å². The summed E-state index contributed by atoms with van der Waals surface area (Å²) in [5.74, 6) is 0.884. The van der Waals surface area contributed by atoms with E-state index in [2.05, 4.69) is 0 Å². The van der Waals surface area contributed by atoms with Crippen LogP contribution in [0.5, 0.6) is 11.5 Å². The number of nitrogens with zero attached hydrogens (tertiary/aromatic N) is 2. The highest BCUT2D eigenvalue weighted by Crippen LogP contribution is 2.32. The van der Waals surface area contributed by atoms with Crippen LogP contribution in [-0.4, -0.2) is 59.7 Å². The first kappa shape index (κ1) is 22.9. The van der Waals surface area contributed by atoms with Gasteiger partial charge in [-0.1, -0.05) is 29.8 Å². The van der Waals surface area contributed by atoms with E-state index >= 15 is 0 Å². The average Bonchev–Trinajstić information content (AvgIpc) is 3.44. The number of rotatable bonds is 8. The quantitative estimate of drug-likeness (QED) is 0.431. The number of thioether (sulfide) groups is 1. The molecule has 4 rings (SSSR count). The maximum atomic E-state index is 12.7. The second-order valence-electron chi connectivity index (χ2n) is 7.93. The highest BCUT2D eigenvalue weighted by atomic mass is 32.2. The largest absolute Gasteiger partial charge is 0.490 e. The third-order valence-electron chi connectivity index (χ3n) is 5.45. The molecule has 0 aliphatic carbocycles. The molecule has 172 valence electrons. The van der Waals surface area contributed by atoms with Gasteiger partial charge in [-0.15, -0.1) is 0 Å². The van der Waals surface area contributed by atoms with Gasteiger partial charge in [0.1, 0.15) is 31.3 Å². The number of amides is 3. The lowest BCUT2D eigenvalue weighted by Crippen LogP contribution is -2.40. The fourth-order valence-electron chi connectivity index (χ4n) is 3.60. The molecule has 0 unspecified atom stereocenters. The van der Waals surface area contributed by atoms with Gasteiger partial charge in [-0.3, -0.25) is 19.3 Å². The molecule has 0 saturated carbocycles. The summed E-state index contributed by atoms with van der Waals surface area (Å²) in [6.07, 6.45) is 3.59. The fourth-order valence-corrected chi connectivity index (χ4v) is 4.44. The van der Waals surface area contributed by atoms with Gasteiger partial charge in [0, 0.05) is 13.1 Å². The summed E-state index contributed by atoms with van der Waals surface area (Å²) in [4.78, 5) is 40.3. The number of aryl methyl sites for hydroxylation is 1. The molecule has 7 nitrogen and oxygen atoms in total. The summed E-state index contributed by atoms with van der Waals surface area (Å²) in [7, 11) is 0. The van der Waals surface area contributed by atoms with Crippen LogP contribution in [0.25, 0.3) is 6.08 Å². The molecule has 0 aromatic heterocycles. The van der Waals surface area contributed by atoms with E-state index < -0.39 is 11.1 Å². The van der Waals surface area contributed by atoms with E-state index in [0.29, 0.717) is 37.0 Å². The van der Waals surface area contributed by atoms with Crippen molar-refractivity contribution < 1.29 is 23.9 Å². The van der Waals surface area contributed by atoms with Crippen molar-refractivity contribution in [1.82, 2.24) is 9.80 Å². The molecule has 2 heterocycles. The Balaban J connectivity index is 1.28. The lowest BCUT2D eigenvalue weighted by Gasteiger charge is -2.18. The first-order valence-corrected chi connectivity index (χ1v) is 11.8.